The second-order valence-corrected chi connectivity index (χ2v) is 15.5. The fourth-order valence-electron chi connectivity index (χ4n) is 6.84. The van der Waals surface area contributed by atoms with Gasteiger partial charge >= 0.3 is 17.8 Å². The van der Waals surface area contributed by atoms with Gasteiger partial charge in [0.1, 0.15) is 0 Å². The topological polar surface area (TPSA) is 3.24 Å². The molecule has 2 unspecified atom stereocenters. The van der Waals surface area contributed by atoms with Crippen molar-refractivity contribution in [2.45, 2.75) is 61.9 Å². The molecule has 4 aliphatic rings. The van der Waals surface area contributed by atoms with Gasteiger partial charge in [0.2, 0.25) is 0 Å². The Hall–Kier alpha value is -3.30. The zero-order valence-electron chi connectivity index (χ0n) is 25.1. The number of halogens is 6. The largest absolute Gasteiger partial charge is 0.380 e. The van der Waals surface area contributed by atoms with Crippen molar-refractivity contribution in [1.29, 1.82) is 0 Å². The molecule has 1 nitrogen and oxygen atoms in total. The van der Waals surface area contributed by atoms with Crippen LogP contribution >= 0.6 is 23.5 Å². The molecule has 3 aromatic carbocycles. The summed E-state index contributed by atoms with van der Waals surface area (Å²) in [5.41, 5.74) is 2.91. The van der Waals surface area contributed by atoms with Crippen LogP contribution in [0.1, 0.15) is 37.5 Å². The molecule has 2 aliphatic heterocycles. The summed E-state index contributed by atoms with van der Waals surface area (Å²) in [7, 11) is 0. The number of fused-ring (bicyclic) bond motifs is 4. The Morgan fingerprint density at radius 2 is 0.933 bits per heavy atom. The number of rotatable bonds is 4. The Bertz CT molecular complexity index is 1820. The standard InChI is InChI=1S/C36H29F6NS2/c1-20-6-12-24(13-7-20)43(25-14-8-21(2)9-15-25)26-16-10-23(11-17-26)29-19-28-31-30(34(37,38)36(41,42)35(31,39)40)27-18-22(3)44-32(27,4)33(28,5)45-29/h6-19H,1-5H3. The molecule has 1 saturated carbocycles. The molecular formula is C36H29F6NS2. The van der Waals surface area contributed by atoms with Gasteiger partial charge in [0, 0.05) is 33.1 Å². The van der Waals surface area contributed by atoms with Crippen molar-refractivity contribution >= 4 is 45.5 Å². The molecule has 0 aromatic heterocycles. The van der Waals surface area contributed by atoms with Crippen LogP contribution in [0, 0.1) is 13.8 Å². The Morgan fingerprint density at radius 3 is 1.40 bits per heavy atom. The molecule has 0 saturated heterocycles. The first-order chi connectivity index (χ1) is 21.0. The van der Waals surface area contributed by atoms with Crippen LogP contribution in [-0.2, 0) is 0 Å². The van der Waals surface area contributed by atoms with Crippen LogP contribution in [0.25, 0.3) is 4.91 Å². The molecule has 45 heavy (non-hydrogen) atoms. The lowest BCUT2D eigenvalue weighted by Crippen LogP contribution is -2.48. The number of alkyl halides is 6. The van der Waals surface area contributed by atoms with Gasteiger partial charge in [-0.3, -0.25) is 0 Å². The molecule has 0 spiro atoms. The minimum absolute atomic E-state index is 0.141. The van der Waals surface area contributed by atoms with E-state index in [0.717, 1.165) is 28.2 Å². The fraction of sp³-hybridized carbons (Fsp3) is 0.278. The van der Waals surface area contributed by atoms with E-state index in [0.29, 0.717) is 15.4 Å². The summed E-state index contributed by atoms with van der Waals surface area (Å²) in [6.45, 7) is 9.12. The normalized spacial score (nSPS) is 27.2. The number of hydrogen-bond donors (Lipinski definition) is 0. The number of thioether (sulfide) groups is 2. The van der Waals surface area contributed by atoms with Gasteiger partial charge in [0.05, 0.1) is 9.49 Å². The van der Waals surface area contributed by atoms with Crippen molar-refractivity contribution in [1.82, 2.24) is 0 Å². The smallest absolute Gasteiger partial charge is 0.311 e. The molecule has 1 fully saturated rings. The van der Waals surface area contributed by atoms with Gasteiger partial charge in [0.25, 0.3) is 0 Å². The molecular weight excluding hydrogens is 625 g/mol. The maximum atomic E-state index is 15.5. The number of benzene rings is 3. The summed E-state index contributed by atoms with van der Waals surface area (Å²) in [5, 5.41) is 0. The van der Waals surface area contributed by atoms with Gasteiger partial charge in [-0.25, -0.2) is 0 Å². The van der Waals surface area contributed by atoms with E-state index in [4.69, 9.17) is 0 Å². The number of nitrogens with zero attached hydrogens (tertiary/aromatic N) is 1. The molecule has 7 rings (SSSR count). The number of aryl methyl sites for hydroxylation is 2. The molecule has 0 radical (unpaired) electrons. The molecule has 2 atom stereocenters. The fourth-order valence-corrected chi connectivity index (χ4v) is 9.93. The minimum Gasteiger partial charge on any atom is -0.311 e. The predicted octanol–water partition coefficient (Wildman–Crippen LogP) is 11.6. The molecule has 232 valence electrons. The summed E-state index contributed by atoms with van der Waals surface area (Å²) in [5.74, 6) is -15.6. The van der Waals surface area contributed by atoms with Crippen LogP contribution in [-0.4, -0.2) is 27.3 Å². The zero-order chi connectivity index (χ0) is 32.3. The lowest BCUT2D eigenvalue weighted by molar-refractivity contribution is -0.258. The molecule has 9 heteroatoms. The van der Waals surface area contributed by atoms with Crippen LogP contribution in [0.4, 0.5) is 43.4 Å². The maximum absolute atomic E-state index is 15.5. The highest BCUT2D eigenvalue weighted by atomic mass is 32.2. The second kappa shape index (κ2) is 9.61. The summed E-state index contributed by atoms with van der Waals surface area (Å²) >= 11 is 2.53. The number of hydrogen-bond acceptors (Lipinski definition) is 3. The minimum atomic E-state index is -5.55. The summed E-state index contributed by atoms with van der Waals surface area (Å²) in [6, 6.07) is 23.8. The zero-order valence-corrected chi connectivity index (χ0v) is 26.7. The highest BCUT2D eigenvalue weighted by Crippen LogP contribution is 2.74. The van der Waals surface area contributed by atoms with Gasteiger partial charge in [0.15, 0.2) is 0 Å². The Balaban J connectivity index is 1.35. The van der Waals surface area contributed by atoms with Crippen LogP contribution in [0.15, 0.2) is 112 Å². The molecule has 3 aromatic rings. The SMILES string of the molecule is CC1=CC2=C3C(=C4C=C(c5ccc(N(c6ccc(C)cc6)c6ccc(C)cc6)cc5)SC4(C)C2(C)S1)C(F)(F)C(F)(F)C3(F)F. The Morgan fingerprint density at radius 1 is 0.533 bits per heavy atom. The Labute approximate surface area is 266 Å². The van der Waals surface area contributed by atoms with Gasteiger partial charge in [-0.05, 0) is 105 Å². The third-order valence-electron chi connectivity index (χ3n) is 9.44. The van der Waals surface area contributed by atoms with Crippen LogP contribution in [0.5, 0.6) is 0 Å². The summed E-state index contributed by atoms with van der Waals surface area (Å²) in [6.07, 6.45) is 2.81. The van der Waals surface area contributed by atoms with Gasteiger partial charge < -0.3 is 4.90 Å². The van der Waals surface area contributed by atoms with E-state index in [1.807, 2.05) is 86.6 Å². The third-order valence-corrected chi connectivity index (χ3v) is 12.7. The summed E-state index contributed by atoms with van der Waals surface area (Å²) < 4.78 is 89.1. The van der Waals surface area contributed by atoms with E-state index in [2.05, 4.69) is 4.90 Å². The van der Waals surface area contributed by atoms with E-state index < -0.39 is 38.4 Å². The van der Waals surface area contributed by atoms with E-state index in [-0.39, 0.29) is 11.1 Å². The van der Waals surface area contributed by atoms with E-state index >= 15 is 17.6 Å². The number of allylic oxidation sites excluding steroid dienone is 5. The van der Waals surface area contributed by atoms with E-state index in [1.165, 1.54) is 35.7 Å². The van der Waals surface area contributed by atoms with Crippen LogP contribution in [0.2, 0.25) is 0 Å². The lowest BCUT2D eigenvalue weighted by atomic mass is 9.71. The average Bonchev–Trinajstić information content (AvgIpc) is 3.53. The van der Waals surface area contributed by atoms with Crippen molar-refractivity contribution in [2.75, 3.05) is 4.90 Å². The molecule has 0 bridgehead atoms. The number of anilines is 3. The first-order valence-corrected chi connectivity index (χ1v) is 16.1. The highest BCUT2D eigenvalue weighted by Gasteiger charge is 2.84. The van der Waals surface area contributed by atoms with Crippen LogP contribution < -0.4 is 4.90 Å². The monoisotopic (exact) mass is 653 g/mol. The second-order valence-electron chi connectivity index (χ2n) is 12.4. The van der Waals surface area contributed by atoms with Gasteiger partial charge in [-0.2, -0.15) is 26.3 Å². The molecule has 0 amide bonds. The molecule has 2 aliphatic carbocycles. The quantitative estimate of drug-likeness (QED) is 0.258. The molecule has 2 heterocycles. The van der Waals surface area contributed by atoms with Crippen molar-refractivity contribution in [2.24, 2.45) is 0 Å². The first-order valence-electron chi connectivity index (χ1n) is 14.5. The van der Waals surface area contributed by atoms with Crippen molar-refractivity contribution in [3.63, 3.8) is 0 Å². The average molecular weight is 654 g/mol. The third kappa shape index (κ3) is 3.98. The maximum Gasteiger partial charge on any atom is 0.380 e. The predicted molar refractivity (Wildman–Crippen MR) is 173 cm³/mol. The van der Waals surface area contributed by atoms with Crippen molar-refractivity contribution < 1.29 is 26.3 Å². The van der Waals surface area contributed by atoms with Gasteiger partial charge in [-0.1, -0.05) is 47.5 Å². The van der Waals surface area contributed by atoms with Gasteiger partial charge in [-0.15, -0.1) is 23.5 Å². The molecule has 0 N–H and O–H groups in total. The highest BCUT2D eigenvalue weighted by molar-refractivity contribution is 8.12. The first kappa shape index (κ1) is 30.4. The lowest BCUT2D eigenvalue weighted by Gasteiger charge is -2.47. The summed E-state index contributed by atoms with van der Waals surface area (Å²) in [4.78, 5) is 3.27. The van der Waals surface area contributed by atoms with Crippen LogP contribution in [0.3, 0.4) is 0 Å². The Kier molecular flexibility index (Phi) is 6.48. The van der Waals surface area contributed by atoms with E-state index in [9.17, 15) is 8.78 Å². The van der Waals surface area contributed by atoms with E-state index in [1.54, 1.807) is 20.8 Å². The van der Waals surface area contributed by atoms with Crippen molar-refractivity contribution in [3.05, 3.63) is 129 Å². The van der Waals surface area contributed by atoms with Crippen molar-refractivity contribution in [3.8, 4) is 0 Å².